The van der Waals surface area contributed by atoms with E-state index in [0.717, 1.165) is 56.5 Å². The van der Waals surface area contributed by atoms with Crippen LogP contribution in [-0.2, 0) is 0 Å². The maximum absolute atomic E-state index is 15.1. The van der Waals surface area contributed by atoms with Gasteiger partial charge in [0.05, 0.1) is 0 Å². The van der Waals surface area contributed by atoms with Gasteiger partial charge in [0, 0.05) is 13.1 Å². The summed E-state index contributed by atoms with van der Waals surface area (Å²) >= 11 is 5.27. The van der Waals surface area contributed by atoms with Crippen LogP contribution in [0.1, 0.15) is 65.2 Å². The molecule has 1 fully saturated rings. The van der Waals surface area contributed by atoms with Gasteiger partial charge in [-0.05, 0) is 62.8 Å². The lowest BCUT2D eigenvalue weighted by Gasteiger charge is -2.31. The van der Waals surface area contributed by atoms with Crippen molar-refractivity contribution in [1.82, 2.24) is 4.90 Å². The summed E-state index contributed by atoms with van der Waals surface area (Å²) in [6.45, 7) is 10.8. The minimum absolute atomic E-state index is 0.570. The van der Waals surface area contributed by atoms with Crippen molar-refractivity contribution in [2.24, 2.45) is 0 Å². The topological polar surface area (TPSA) is 3.24 Å². The molecule has 1 saturated carbocycles. The van der Waals surface area contributed by atoms with E-state index in [1.165, 1.54) is 5.57 Å². The smallest absolute Gasteiger partial charge is 0.124 e. The first-order chi connectivity index (χ1) is 9.49. The van der Waals surface area contributed by atoms with Crippen LogP contribution in [0.5, 0.6) is 0 Å². The fourth-order valence-corrected chi connectivity index (χ4v) is 3.10. The molecule has 0 heterocycles. The average molecular weight is 299 g/mol. The molecule has 1 unspecified atom stereocenters. The molecule has 1 rings (SSSR count). The van der Waals surface area contributed by atoms with Crippen LogP contribution in [0.3, 0.4) is 0 Å². The van der Waals surface area contributed by atoms with Crippen molar-refractivity contribution < 1.29 is 4.39 Å². The van der Waals surface area contributed by atoms with Crippen molar-refractivity contribution in [2.75, 3.05) is 19.6 Å². The highest BCUT2D eigenvalue weighted by atomic mass is 32.1. The summed E-state index contributed by atoms with van der Waals surface area (Å²) in [5.74, 6) is 0. The Morgan fingerprint density at radius 2 is 2.05 bits per heavy atom. The molecule has 1 nitrogen and oxygen atoms in total. The molecule has 1 aliphatic rings. The number of hydrogen-bond donors (Lipinski definition) is 0. The molecule has 0 amide bonds. The number of rotatable bonds is 8. The molecule has 1 atom stereocenters. The minimum Gasteiger partial charge on any atom is -0.300 e. The number of halogens is 1. The molecular formula is C17H30FNS. The predicted molar refractivity (Wildman–Crippen MR) is 90.3 cm³/mol. The zero-order valence-corrected chi connectivity index (χ0v) is 14.0. The van der Waals surface area contributed by atoms with Gasteiger partial charge < -0.3 is 0 Å². The van der Waals surface area contributed by atoms with Crippen molar-refractivity contribution in [3.05, 3.63) is 12.2 Å². The van der Waals surface area contributed by atoms with Gasteiger partial charge in [-0.15, -0.1) is 0 Å². The molecule has 0 spiro atoms. The first-order valence-corrected chi connectivity index (χ1v) is 8.49. The molecule has 0 aromatic rings. The lowest BCUT2D eigenvalue weighted by atomic mass is 9.95. The van der Waals surface area contributed by atoms with Crippen molar-refractivity contribution in [1.29, 1.82) is 0 Å². The molecule has 0 N–H and O–H groups in total. The van der Waals surface area contributed by atoms with Crippen LogP contribution in [-0.4, -0.2) is 35.1 Å². The van der Waals surface area contributed by atoms with Crippen LogP contribution in [0.4, 0.5) is 4.39 Å². The molecule has 0 aliphatic heterocycles. The normalized spacial score (nSPS) is 23.9. The van der Waals surface area contributed by atoms with Gasteiger partial charge in [-0.1, -0.05) is 38.2 Å². The van der Waals surface area contributed by atoms with Crippen molar-refractivity contribution in [3.63, 3.8) is 0 Å². The van der Waals surface area contributed by atoms with E-state index in [9.17, 15) is 0 Å². The lowest BCUT2D eigenvalue weighted by molar-refractivity contribution is 0.0778. The monoisotopic (exact) mass is 299 g/mol. The van der Waals surface area contributed by atoms with Gasteiger partial charge in [-0.3, -0.25) is 4.90 Å². The summed E-state index contributed by atoms with van der Waals surface area (Å²) < 4.78 is 15.1. The van der Waals surface area contributed by atoms with E-state index >= 15 is 4.39 Å². The Labute approximate surface area is 129 Å². The number of hydrogen-bond acceptors (Lipinski definition) is 2. The first-order valence-electron chi connectivity index (χ1n) is 8.08. The summed E-state index contributed by atoms with van der Waals surface area (Å²) in [6.07, 6.45) is 7.00. The summed E-state index contributed by atoms with van der Waals surface area (Å²) in [6, 6.07) is 0. The van der Waals surface area contributed by atoms with E-state index in [2.05, 4.69) is 25.3 Å². The molecule has 0 saturated heterocycles. The second kappa shape index (κ2) is 8.89. The molecule has 0 radical (unpaired) electrons. The van der Waals surface area contributed by atoms with E-state index in [-0.39, 0.29) is 0 Å². The summed E-state index contributed by atoms with van der Waals surface area (Å²) in [7, 11) is 0. The van der Waals surface area contributed by atoms with Crippen molar-refractivity contribution >= 4 is 17.1 Å². The van der Waals surface area contributed by atoms with Crippen molar-refractivity contribution in [3.8, 4) is 0 Å². The van der Waals surface area contributed by atoms with Crippen LogP contribution in [0.2, 0.25) is 0 Å². The summed E-state index contributed by atoms with van der Waals surface area (Å²) in [5, 5.41) is 0. The Balaban J connectivity index is 2.53. The Kier molecular flexibility index (Phi) is 7.90. The van der Waals surface area contributed by atoms with Gasteiger partial charge in [-0.25, -0.2) is 4.39 Å². The van der Waals surface area contributed by atoms with Gasteiger partial charge in [0.1, 0.15) is 5.67 Å². The zero-order chi connectivity index (χ0) is 15.0. The van der Waals surface area contributed by atoms with E-state index in [4.69, 9.17) is 12.2 Å². The van der Waals surface area contributed by atoms with Crippen LogP contribution in [0.25, 0.3) is 0 Å². The fourth-order valence-electron chi connectivity index (χ4n) is 2.85. The van der Waals surface area contributed by atoms with E-state index in [0.29, 0.717) is 19.4 Å². The van der Waals surface area contributed by atoms with Crippen molar-refractivity contribution in [2.45, 2.75) is 70.9 Å². The highest BCUT2D eigenvalue weighted by Gasteiger charge is 2.33. The van der Waals surface area contributed by atoms with Crippen LogP contribution < -0.4 is 0 Å². The van der Waals surface area contributed by atoms with E-state index in [1.807, 2.05) is 0 Å². The lowest BCUT2D eigenvalue weighted by Crippen LogP contribution is -2.40. The first kappa shape index (κ1) is 17.8. The SMILES string of the molecule is C=C(CC)CCN(CCC)CC1(F)CCCC(=S)CC1. The number of alkyl halides is 1. The van der Waals surface area contributed by atoms with Gasteiger partial charge in [0.15, 0.2) is 0 Å². The van der Waals surface area contributed by atoms with E-state index in [1.54, 1.807) is 0 Å². The number of nitrogens with zero attached hydrogens (tertiary/aromatic N) is 1. The third-order valence-electron chi connectivity index (χ3n) is 4.26. The van der Waals surface area contributed by atoms with Crippen LogP contribution in [0, 0.1) is 0 Å². The second-order valence-corrected chi connectivity index (χ2v) is 6.75. The van der Waals surface area contributed by atoms with Gasteiger partial charge >= 0.3 is 0 Å². The Morgan fingerprint density at radius 1 is 1.30 bits per heavy atom. The molecule has 3 heteroatoms. The quantitative estimate of drug-likeness (QED) is 0.348. The minimum atomic E-state index is -1.04. The Bertz CT molecular complexity index is 329. The average Bonchev–Trinajstić information content (AvgIpc) is 2.58. The summed E-state index contributed by atoms with van der Waals surface area (Å²) in [4.78, 5) is 3.35. The third-order valence-corrected chi connectivity index (χ3v) is 4.67. The highest BCUT2D eigenvalue weighted by molar-refractivity contribution is 7.80. The maximum Gasteiger partial charge on any atom is 0.124 e. The number of thiocarbonyl (C=S) groups is 1. The molecule has 0 bridgehead atoms. The third kappa shape index (κ3) is 6.45. The van der Waals surface area contributed by atoms with Gasteiger partial charge in [0.2, 0.25) is 0 Å². The fraction of sp³-hybridized carbons (Fsp3) is 0.824. The summed E-state index contributed by atoms with van der Waals surface area (Å²) in [5.41, 5.74) is 0.226. The molecule has 0 aromatic carbocycles. The molecule has 116 valence electrons. The van der Waals surface area contributed by atoms with Crippen LogP contribution >= 0.6 is 12.2 Å². The molecule has 1 aliphatic carbocycles. The second-order valence-electron chi connectivity index (χ2n) is 6.17. The molecule has 20 heavy (non-hydrogen) atoms. The molecule has 0 aromatic heterocycles. The Morgan fingerprint density at radius 3 is 2.70 bits per heavy atom. The highest BCUT2D eigenvalue weighted by Crippen LogP contribution is 2.31. The standard InChI is InChI=1S/C17H30FNS/c1-4-12-19(13-9-15(3)5-2)14-17(18)10-6-7-16(20)8-11-17/h3-14H2,1-2H3. The van der Waals surface area contributed by atoms with Gasteiger partial charge in [0.25, 0.3) is 0 Å². The maximum atomic E-state index is 15.1. The predicted octanol–water partition coefficient (Wildman–Crippen LogP) is 5.10. The zero-order valence-electron chi connectivity index (χ0n) is 13.2. The van der Waals surface area contributed by atoms with E-state index < -0.39 is 5.67 Å². The largest absolute Gasteiger partial charge is 0.300 e. The molecular weight excluding hydrogens is 269 g/mol. The Hall–Kier alpha value is -0.280. The van der Waals surface area contributed by atoms with Gasteiger partial charge in [-0.2, -0.15) is 0 Å². The van der Waals surface area contributed by atoms with Crippen LogP contribution in [0.15, 0.2) is 12.2 Å².